The average Bonchev–Trinajstić information content (AvgIpc) is 3.15. The van der Waals surface area contributed by atoms with Gasteiger partial charge < -0.3 is 10.6 Å². The Hall–Kier alpha value is -2.67. The average molecular weight is 492 g/mol. The lowest BCUT2D eigenvalue weighted by Gasteiger charge is -2.39. The molecule has 33 heavy (non-hydrogen) atoms. The second-order valence-electron chi connectivity index (χ2n) is 8.22. The molecule has 0 radical (unpaired) electrons. The normalized spacial score (nSPS) is 21.1. The van der Waals surface area contributed by atoms with E-state index in [1.165, 1.54) is 30.0 Å². The smallest absolute Gasteiger partial charge is 0.270 e. The number of hydrogen-bond donors (Lipinski definition) is 2. The lowest BCUT2D eigenvalue weighted by molar-refractivity contribution is -0.385. The molecule has 4 rings (SSSR count). The van der Waals surface area contributed by atoms with Crippen LogP contribution >= 0.6 is 11.8 Å². The van der Waals surface area contributed by atoms with Crippen LogP contribution in [0.1, 0.15) is 18.4 Å². The second-order valence-corrected chi connectivity index (χ2v) is 10.9. The molecule has 0 aliphatic carbocycles. The first-order chi connectivity index (χ1) is 15.6. The van der Waals surface area contributed by atoms with Crippen LogP contribution in [0.15, 0.2) is 52.3 Å². The number of nitrogens with zero attached hydrogens (tertiary/aromatic N) is 3. The first-order valence-electron chi connectivity index (χ1n) is 10.5. The minimum Gasteiger partial charge on any atom is -0.369 e. The molecule has 1 fully saturated rings. The van der Waals surface area contributed by atoms with Crippen molar-refractivity contribution in [2.75, 3.05) is 24.5 Å². The van der Waals surface area contributed by atoms with Crippen LogP contribution in [0.5, 0.6) is 0 Å². The van der Waals surface area contributed by atoms with Crippen molar-refractivity contribution in [1.29, 1.82) is 0 Å². The van der Waals surface area contributed by atoms with Crippen LogP contribution in [-0.2, 0) is 21.2 Å². The van der Waals surface area contributed by atoms with Gasteiger partial charge >= 0.3 is 0 Å². The molecule has 4 N–H and O–H groups in total. The Bertz CT molecular complexity index is 1170. The van der Waals surface area contributed by atoms with Gasteiger partial charge in [0, 0.05) is 36.7 Å². The number of benzene rings is 2. The maximum atomic E-state index is 11.8. The van der Waals surface area contributed by atoms with E-state index in [1.54, 1.807) is 24.3 Å². The van der Waals surface area contributed by atoms with E-state index in [0.717, 1.165) is 35.5 Å². The van der Waals surface area contributed by atoms with Crippen LogP contribution in [0.25, 0.3) is 0 Å². The molecule has 2 aromatic rings. The molecule has 2 aromatic carbocycles. The molecule has 176 valence electrons. The van der Waals surface area contributed by atoms with E-state index in [9.17, 15) is 23.3 Å². The third-order valence-corrected chi connectivity index (χ3v) is 8.30. The molecule has 12 heteroatoms. The number of non-ortho nitro benzene ring substituents is 1. The molecular weight excluding hydrogens is 466 g/mol. The van der Waals surface area contributed by atoms with E-state index in [-0.39, 0.29) is 27.9 Å². The Balaban J connectivity index is 1.57. The number of carbonyl (C=O) groups excluding carboxylic acids is 1. The van der Waals surface area contributed by atoms with Crippen LogP contribution < -0.4 is 15.8 Å². The van der Waals surface area contributed by atoms with E-state index in [4.69, 9.17) is 10.9 Å². The number of carbonyl (C=O) groups is 1. The molecule has 2 unspecified atom stereocenters. The van der Waals surface area contributed by atoms with Crippen molar-refractivity contribution in [3.63, 3.8) is 0 Å². The van der Waals surface area contributed by atoms with Crippen LogP contribution in [-0.4, -0.2) is 49.3 Å². The Kier molecular flexibility index (Phi) is 6.61. The Morgan fingerprint density at radius 2 is 1.94 bits per heavy atom. The monoisotopic (exact) mass is 491 g/mol. The van der Waals surface area contributed by atoms with Crippen molar-refractivity contribution < 1.29 is 18.1 Å². The van der Waals surface area contributed by atoms with Crippen molar-refractivity contribution in [3.8, 4) is 0 Å². The van der Waals surface area contributed by atoms with Gasteiger partial charge in [0.15, 0.2) is 0 Å². The van der Waals surface area contributed by atoms with E-state index in [2.05, 4.69) is 9.80 Å². The van der Waals surface area contributed by atoms with Gasteiger partial charge in [0.1, 0.15) is 5.50 Å². The number of likely N-dealkylation sites (tertiary alicyclic amines) is 1. The standard InChI is InChI=1S/C21H25N5O5S2/c22-20(27)15-2-1-10-24(13-15)21-25(18-8-5-16(26(28)29)12-19(18)32-21)11-9-14-3-6-17(7-4-14)33(23,30)31/h3-8,12,15,21H,1-2,9-11,13H2,(H2,22,27)(H2,23,30,31). The summed E-state index contributed by atoms with van der Waals surface area (Å²) in [4.78, 5) is 27.9. The van der Waals surface area contributed by atoms with Crippen molar-refractivity contribution in [1.82, 2.24) is 4.90 Å². The number of primary sulfonamides is 1. The maximum absolute atomic E-state index is 11.8. The molecule has 1 amide bonds. The highest BCUT2D eigenvalue weighted by molar-refractivity contribution is 8.00. The number of piperidine rings is 1. The number of amides is 1. The van der Waals surface area contributed by atoms with Gasteiger partial charge in [0.05, 0.1) is 21.4 Å². The molecule has 2 aliphatic heterocycles. The second kappa shape index (κ2) is 9.29. The maximum Gasteiger partial charge on any atom is 0.270 e. The third-order valence-electron chi connectivity index (χ3n) is 6.02. The van der Waals surface area contributed by atoms with Crippen molar-refractivity contribution in [3.05, 3.63) is 58.1 Å². The lowest BCUT2D eigenvalue weighted by Crippen LogP contribution is -2.51. The fourth-order valence-electron chi connectivity index (χ4n) is 4.28. The highest BCUT2D eigenvalue weighted by Gasteiger charge is 2.38. The number of fused-ring (bicyclic) bond motifs is 1. The zero-order valence-electron chi connectivity index (χ0n) is 17.8. The van der Waals surface area contributed by atoms with Gasteiger partial charge in [0.25, 0.3) is 5.69 Å². The van der Waals surface area contributed by atoms with E-state index in [0.29, 0.717) is 19.5 Å². The highest BCUT2D eigenvalue weighted by Crippen LogP contribution is 2.46. The molecule has 0 bridgehead atoms. The number of nitro groups is 1. The highest BCUT2D eigenvalue weighted by atomic mass is 32.2. The first-order valence-corrected chi connectivity index (χ1v) is 12.9. The summed E-state index contributed by atoms with van der Waals surface area (Å²) in [5.41, 5.74) is 7.32. The summed E-state index contributed by atoms with van der Waals surface area (Å²) in [7, 11) is -3.75. The minimum atomic E-state index is -3.75. The van der Waals surface area contributed by atoms with E-state index in [1.807, 2.05) is 0 Å². The topological polar surface area (TPSA) is 153 Å². The quantitative estimate of drug-likeness (QED) is 0.440. The Labute approximate surface area is 196 Å². The summed E-state index contributed by atoms with van der Waals surface area (Å²) in [5, 5.41) is 16.4. The number of nitro benzene ring substituents is 1. The molecule has 2 aliphatic rings. The predicted octanol–water partition coefficient (Wildman–Crippen LogP) is 1.88. The molecule has 1 saturated heterocycles. The number of sulfonamides is 1. The number of nitrogens with two attached hydrogens (primary N) is 2. The van der Waals surface area contributed by atoms with Crippen molar-refractivity contribution in [2.24, 2.45) is 16.8 Å². The summed E-state index contributed by atoms with van der Waals surface area (Å²) in [6.45, 7) is 1.95. The zero-order valence-corrected chi connectivity index (χ0v) is 19.4. The Morgan fingerprint density at radius 1 is 1.21 bits per heavy atom. The third kappa shape index (κ3) is 5.13. The molecule has 0 saturated carbocycles. The zero-order chi connectivity index (χ0) is 23.8. The summed E-state index contributed by atoms with van der Waals surface area (Å²) < 4.78 is 23.0. The molecule has 0 spiro atoms. The molecule has 0 aromatic heterocycles. The molecular formula is C21H25N5O5S2. The number of thioether (sulfide) groups is 1. The summed E-state index contributed by atoms with van der Waals surface area (Å²) in [6, 6.07) is 11.3. The molecule has 2 atom stereocenters. The SMILES string of the molecule is NC(=O)C1CCCN(C2Sc3cc([N+](=O)[O-])ccc3N2CCc2ccc(S(N)(=O)=O)cc2)C1. The van der Waals surface area contributed by atoms with Gasteiger partial charge in [-0.2, -0.15) is 0 Å². The van der Waals surface area contributed by atoms with Crippen LogP contribution in [0.4, 0.5) is 11.4 Å². The van der Waals surface area contributed by atoms with Gasteiger partial charge in [0.2, 0.25) is 15.9 Å². The summed E-state index contributed by atoms with van der Waals surface area (Å²) >= 11 is 1.54. The van der Waals surface area contributed by atoms with E-state index >= 15 is 0 Å². The lowest BCUT2D eigenvalue weighted by atomic mass is 9.98. The molecule has 10 nitrogen and oxygen atoms in total. The fourth-order valence-corrected chi connectivity index (χ4v) is 6.21. The van der Waals surface area contributed by atoms with Gasteiger partial charge in [-0.15, -0.1) is 0 Å². The fraction of sp³-hybridized carbons (Fsp3) is 0.381. The van der Waals surface area contributed by atoms with Crippen LogP contribution in [0.2, 0.25) is 0 Å². The van der Waals surface area contributed by atoms with Crippen molar-refractivity contribution >= 4 is 39.1 Å². The van der Waals surface area contributed by atoms with Crippen LogP contribution in [0, 0.1) is 16.0 Å². The molecule has 2 heterocycles. The van der Waals surface area contributed by atoms with Gasteiger partial charge in [-0.1, -0.05) is 23.9 Å². The number of hydrogen-bond acceptors (Lipinski definition) is 8. The predicted molar refractivity (Wildman–Crippen MR) is 125 cm³/mol. The number of anilines is 1. The summed E-state index contributed by atoms with van der Waals surface area (Å²) in [6.07, 6.45) is 2.24. The number of rotatable bonds is 7. The Morgan fingerprint density at radius 3 is 2.58 bits per heavy atom. The summed E-state index contributed by atoms with van der Waals surface area (Å²) in [5.74, 6) is -0.526. The van der Waals surface area contributed by atoms with Gasteiger partial charge in [-0.25, -0.2) is 13.6 Å². The van der Waals surface area contributed by atoms with Crippen LogP contribution in [0.3, 0.4) is 0 Å². The van der Waals surface area contributed by atoms with E-state index < -0.39 is 14.9 Å². The van der Waals surface area contributed by atoms with Gasteiger partial charge in [-0.3, -0.25) is 19.8 Å². The first kappa shape index (κ1) is 23.5. The number of primary amides is 1. The van der Waals surface area contributed by atoms with Gasteiger partial charge in [-0.05, 0) is 43.0 Å². The largest absolute Gasteiger partial charge is 0.369 e. The minimum absolute atomic E-state index is 0.0362. The van der Waals surface area contributed by atoms with Crippen molar-refractivity contribution in [2.45, 2.75) is 34.6 Å².